The zero-order valence-electron chi connectivity index (χ0n) is 15.0. The molecule has 26 heavy (non-hydrogen) atoms. The molecule has 3 rings (SSSR count). The molecule has 0 atom stereocenters. The minimum Gasteiger partial charge on any atom is -0.356 e. The van der Waals surface area contributed by atoms with E-state index in [4.69, 9.17) is 0 Å². The van der Waals surface area contributed by atoms with E-state index in [1.54, 1.807) is 23.7 Å². The van der Waals surface area contributed by atoms with Crippen LogP contribution < -0.4 is 16.6 Å². The lowest BCUT2D eigenvalue weighted by Gasteiger charge is -2.11. The molecule has 8 heteroatoms. The SMILES string of the molecule is CC(C)CCNc1nc2c(c(=O)[nH]c(=O)n2C)n1Cc1ccc(F)cc1. The van der Waals surface area contributed by atoms with E-state index in [-0.39, 0.29) is 5.82 Å². The molecule has 0 aliphatic carbocycles. The van der Waals surface area contributed by atoms with E-state index in [2.05, 4.69) is 29.1 Å². The van der Waals surface area contributed by atoms with Crippen LogP contribution >= 0.6 is 0 Å². The van der Waals surface area contributed by atoms with E-state index >= 15 is 0 Å². The maximum absolute atomic E-state index is 13.2. The topological polar surface area (TPSA) is 84.7 Å². The van der Waals surface area contributed by atoms with Crippen molar-refractivity contribution in [1.29, 1.82) is 0 Å². The highest BCUT2D eigenvalue weighted by molar-refractivity contribution is 5.74. The second-order valence-corrected chi connectivity index (χ2v) is 6.75. The molecule has 0 unspecified atom stereocenters. The lowest BCUT2D eigenvalue weighted by molar-refractivity contribution is 0.604. The second-order valence-electron chi connectivity index (χ2n) is 6.75. The Kier molecular flexibility index (Phi) is 4.92. The molecule has 138 valence electrons. The summed E-state index contributed by atoms with van der Waals surface area (Å²) >= 11 is 0. The normalized spacial score (nSPS) is 11.4. The van der Waals surface area contributed by atoms with Gasteiger partial charge in [-0.15, -0.1) is 0 Å². The van der Waals surface area contributed by atoms with Crippen LogP contribution in [0.4, 0.5) is 10.3 Å². The van der Waals surface area contributed by atoms with Gasteiger partial charge < -0.3 is 5.32 Å². The fourth-order valence-electron chi connectivity index (χ4n) is 2.77. The molecule has 2 heterocycles. The number of aromatic amines is 1. The standard InChI is InChI=1S/C18H22FN5O2/c1-11(2)8-9-20-17-21-15-14(16(25)22-18(26)23(15)3)24(17)10-12-4-6-13(19)7-5-12/h4-7,11H,8-10H2,1-3H3,(H,20,21)(H,22,25,26). The average molecular weight is 359 g/mol. The molecule has 7 nitrogen and oxygen atoms in total. The monoisotopic (exact) mass is 359 g/mol. The lowest BCUT2D eigenvalue weighted by atomic mass is 10.1. The number of hydrogen-bond donors (Lipinski definition) is 2. The van der Waals surface area contributed by atoms with Gasteiger partial charge in [0.2, 0.25) is 5.95 Å². The molecule has 1 aromatic carbocycles. The van der Waals surface area contributed by atoms with Crippen molar-refractivity contribution in [2.75, 3.05) is 11.9 Å². The van der Waals surface area contributed by atoms with E-state index < -0.39 is 11.2 Å². The van der Waals surface area contributed by atoms with Gasteiger partial charge in [0.15, 0.2) is 11.2 Å². The molecule has 0 bridgehead atoms. The molecular formula is C18H22FN5O2. The number of halogens is 1. The summed E-state index contributed by atoms with van der Waals surface area (Å²) in [5, 5.41) is 3.25. The minimum absolute atomic E-state index is 0.309. The molecule has 0 aliphatic heterocycles. The Labute approximate surface area is 149 Å². The molecule has 0 saturated carbocycles. The summed E-state index contributed by atoms with van der Waals surface area (Å²) in [4.78, 5) is 31.0. The quantitative estimate of drug-likeness (QED) is 0.706. The van der Waals surface area contributed by atoms with Crippen LogP contribution in [-0.4, -0.2) is 25.6 Å². The van der Waals surface area contributed by atoms with Crippen molar-refractivity contribution in [1.82, 2.24) is 19.1 Å². The Morgan fingerprint density at radius 2 is 1.92 bits per heavy atom. The van der Waals surface area contributed by atoms with E-state index in [0.717, 1.165) is 12.0 Å². The molecule has 2 N–H and O–H groups in total. The number of nitrogens with zero attached hydrogens (tertiary/aromatic N) is 3. The molecular weight excluding hydrogens is 337 g/mol. The van der Waals surface area contributed by atoms with Crippen LogP contribution in [0.2, 0.25) is 0 Å². The summed E-state index contributed by atoms with van der Waals surface area (Å²) in [5.41, 5.74) is 0.444. The van der Waals surface area contributed by atoms with Gasteiger partial charge in [0, 0.05) is 13.6 Å². The molecule has 0 amide bonds. The predicted octanol–water partition coefficient (Wildman–Crippen LogP) is 2.07. The molecule has 0 aliphatic rings. The number of aryl methyl sites for hydroxylation is 1. The molecule has 0 fully saturated rings. The van der Waals surface area contributed by atoms with Crippen LogP contribution in [0.25, 0.3) is 11.2 Å². The zero-order valence-corrected chi connectivity index (χ0v) is 15.0. The van der Waals surface area contributed by atoms with Crippen molar-refractivity contribution >= 4 is 17.1 Å². The third-order valence-corrected chi connectivity index (χ3v) is 4.27. The number of nitrogens with one attached hydrogen (secondary N) is 2. The van der Waals surface area contributed by atoms with Gasteiger partial charge in [0.25, 0.3) is 5.56 Å². The Morgan fingerprint density at radius 1 is 1.23 bits per heavy atom. The second kappa shape index (κ2) is 7.15. The van der Waals surface area contributed by atoms with Crippen LogP contribution in [0.3, 0.4) is 0 Å². The first-order chi connectivity index (χ1) is 12.4. The van der Waals surface area contributed by atoms with Gasteiger partial charge in [-0.05, 0) is 30.0 Å². The number of imidazole rings is 1. The first kappa shape index (κ1) is 17.9. The summed E-state index contributed by atoms with van der Waals surface area (Å²) in [6, 6.07) is 6.07. The van der Waals surface area contributed by atoms with E-state index in [9.17, 15) is 14.0 Å². The van der Waals surface area contributed by atoms with Crippen LogP contribution in [0, 0.1) is 11.7 Å². The number of fused-ring (bicyclic) bond motifs is 1. The molecule has 0 spiro atoms. The van der Waals surface area contributed by atoms with Gasteiger partial charge in [0.1, 0.15) is 5.82 Å². The van der Waals surface area contributed by atoms with E-state index in [1.165, 1.54) is 16.7 Å². The largest absolute Gasteiger partial charge is 0.356 e. The predicted molar refractivity (Wildman–Crippen MR) is 99.0 cm³/mol. The van der Waals surface area contributed by atoms with Gasteiger partial charge in [-0.2, -0.15) is 4.98 Å². The van der Waals surface area contributed by atoms with E-state index in [0.29, 0.717) is 36.1 Å². The Morgan fingerprint density at radius 3 is 2.58 bits per heavy atom. The van der Waals surface area contributed by atoms with Crippen LogP contribution in [0.15, 0.2) is 33.9 Å². The molecule has 2 aromatic heterocycles. The summed E-state index contributed by atoms with van der Waals surface area (Å²) in [6.07, 6.45) is 0.940. The maximum atomic E-state index is 13.2. The molecule has 0 radical (unpaired) electrons. The van der Waals surface area contributed by atoms with Crippen molar-refractivity contribution in [3.05, 3.63) is 56.5 Å². The summed E-state index contributed by atoms with van der Waals surface area (Å²) < 4.78 is 16.2. The third-order valence-electron chi connectivity index (χ3n) is 4.27. The van der Waals surface area contributed by atoms with Crippen molar-refractivity contribution < 1.29 is 4.39 Å². The number of hydrogen-bond acceptors (Lipinski definition) is 4. The van der Waals surface area contributed by atoms with Gasteiger partial charge in [-0.1, -0.05) is 26.0 Å². The highest BCUT2D eigenvalue weighted by atomic mass is 19.1. The Bertz CT molecular complexity index is 1030. The van der Waals surface area contributed by atoms with Gasteiger partial charge in [-0.3, -0.25) is 18.9 Å². The summed E-state index contributed by atoms with van der Waals surface area (Å²) in [7, 11) is 1.56. The van der Waals surface area contributed by atoms with Gasteiger partial charge in [-0.25, -0.2) is 9.18 Å². The average Bonchev–Trinajstić information content (AvgIpc) is 2.94. The highest BCUT2D eigenvalue weighted by Crippen LogP contribution is 2.18. The number of anilines is 1. The third kappa shape index (κ3) is 3.54. The van der Waals surface area contributed by atoms with E-state index in [1.807, 2.05) is 0 Å². The summed E-state index contributed by atoms with van der Waals surface area (Å²) in [5.74, 6) is 0.710. The van der Waals surface area contributed by atoms with Crippen LogP contribution in [0.5, 0.6) is 0 Å². The first-order valence-electron chi connectivity index (χ1n) is 8.54. The zero-order chi connectivity index (χ0) is 18.8. The lowest BCUT2D eigenvalue weighted by Crippen LogP contribution is -2.29. The number of benzene rings is 1. The van der Waals surface area contributed by atoms with Crippen molar-refractivity contribution in [3.63, 3.8) is 0 Å². The molecule has 0 saturated heterocycles. The Balaban J connectivity index is 2.09. The smallest absolute Gasteiger partial charge is 0.329 e. The number of rotatable bonds is 6. The minimum atomic E-state index is -0.511. The van der Waals surface area contributed by atoms with Gasteiger partial charge >= 0.3 is 5.69 Å². The number of H-pyrrole nitrogens is 1. The van der Waals surface area contributed by atoms with Crippen molar-refractivity contribution in [3.8, 4) is 0 Å². The van der Waals surface area contributed by atoms with Crippen molar-refractivity contribution in [2.24, 2.45) is 13.0 Å². The maximum Gasteiger partial charge on any atom is 0.329 e. The van der Waals surface area contributed by atoms with Crippen molar-refractivity contribution in [2.45, 2.75) is 26.8 Å². The van der Waals surface area contributed by atoms with Gasteiger partial charge in [0.05, 0.1) is 6.54 Å². The number of aromatic nitrogens is 4. The van der Waals surface area contributed by atoms with Crippen LogP contribution in [-0.2, 0) is 13.6 Å². The molecule has 3 aromatic rings. The fourth-order valence-corrected chi connectivity index (χ4v) is 2.77. The highest BCUT2D eigenvalue weighted by Gasteiger charge is 2.17. The van der Waals surface area contributed by atoms with Crippen LogP contribution in [0.1, 0.15) is 25.8 Å². The fraction of sp³-hybridized carbons (Fsp3) is 0.389. The summed E-state index contributed by atoms with van der Waals surface area (Å²) in [6.45, 7) is 5.27. The first-order valence-corrected chi connectivity index (χ1v) is 8.54. The Hall–Kier alpha value is -2.90.